The Labute approximate surface area is 121 Å². The molecule has 0 saturated carbocycles. The highest BCUT2D eigenvalue weighted by Gasteiger charge is 2.15. The molecule has 0 atom stereocenters. The quantitative estimate of drug-likeness (QED) is 0.668. The van der Waals surface area contributed by atoms with Crippen molar-refractivity contribution in [2.75, 3.05) is 18.0 Å². The Kier molecular flexibility index (Phi) is 5.62. The second kappa shape index (κ2) is 6.81. The molecule has 0 radical (unpaired) electrons. The van der Waals surface area contributed by atoms with Gasteiger partial charge in [-0.2, -0.15) is 0 Å². The van der Waals surface area contributed by atoms with Crippen LogP contribution in [0.15, 0.2) is 12.1 Å². The zero-order chi connectivity index (χ0) is 16.2. The van der Waals surface area contributed by atoms with Gasteiger partial charge in [-0.25, -0.2) is 21.9 Å². The van der Waals surface area contributed by atoms with Crippen molar-refractivity contribution >= 4 is 21.6 Å². The minimum atomic E-state index is -3.51. The number of sulfonamides is 1. The van der Waals surface area contributed by atoms with Crippen LogP contribution in [0.5, 0.6) is 0 Å². The number of amides is 1. The Morgan fingerprint density at radius 2 is 1.81 bits per heavy atom. The van der Waals surface area contributed by atoms with Crippen LogP contribution in [0.25, 0.3) is 0 Å². The first-order valence-corrected chi connectivity index (χ1v) is 7.80. The van der Waals surface area contributed by atoms with E-state index in [2.05, 4.69) is 10.0 Å². The Morgan fingerprint density at radius 1 is 1.29 bits per heavy atom. The smallest absolute Gasteiger partial charge is 0.251 e. The van der Waals surface area contributed by atoms with Gasteiger partial charge in [-0.1, -0.05) is 0 Å². The van der Waals surface area contributed by atoms with E-state index in [1.807, 2.05) is 0 Å². The fourth-order valence-corrected chi connectivity index (χ4v) is 2.74. The molecule has 0 aliphatic rings. The summed E-state index contributed by atoms with van der Waals surface area (Å²) in [5.41, 5.74) is 4.14. The molecule has 1 amide bonds. The highest BCUT2D eigenvalue weighted by atomic mass is 32.2. The van der Waals surface area contributed by atoms with Crippen LogP contribution in [0.3, 0.4) is 0 Å². The maximum absolute atomic E-state index is 13.2. The van der Waals surface area contributed by atoms with Crippen LogP contribution in [0.1, 0.15) is 24.2 Å². The normalized spacial score (nSPS) is 11.7. The number of benzene rings is 1. The highest BCUT2D eigenvalue weighted by molar-refractivity contribution is 7.89. The fourth-order valence-electron chi connectivity index (χ4n) is 1.53. The summed E-state index contributed by atoms with van der Waals surface area (Å²) in [7, 11) is -3.51. The predicted molar refractivity (Wildman–Crippen MR) is 75.2 cm³/mol. The molecule has 21 heavy (non-hydrogen) atoms. The Balaban J connectivity index is 2.63. The summed E-state index contributed by atoms with van der Waals surface area (Å²) in [6, 6.07) is 1.31. The summed E-state index contributed by atoms with van der Waals surface area (Å²) in [4.78, 5) is 11.7. The van der Waals surface area contributed by atoms with Crippen molar-refractivity contribution in [3.8, 4) is 0 Å². The lowest BCUT2D eigenvalue weighted by Gasteiger charge is -2.10. The van der Waals surface area contributed by atoms with E-state index in [4.69, 9.17) is 5.73 Å². The summed E-state index contributed by atoms with van der Waals surface area (Å²) in [6.45, 7) is 3.14. The van der Waals surface area contributed by atoms with Crippen LogP contribution >= 0.6 is 0 Å². The number of nitrogens with two attached hydrogens (primary N) is 1. The lowest BCUT2D eigenvalue weighted by molar-refractivity contribution is 0.0955. The van der Waals surface area contributed by atoms with Gasteiger partial charge in [0, 0.05) is 18.2 Å². The minimum Gasteiger partial charge on any atom is -0.394 e. The number of nitrogen functional groups attached to an aromatic ring is 1. The summed E-state index contributed by atoms with van der Waals surface area (Å²) >= 11 is 0. The second-order valence-corrected chi connectivity index (χ2v) is 6.57. The van der Waals surface area contributed by atoms with Gasteiger partial charge < -0.3 is 11.1 Å². The molecule has 9 heteroatoms. The molecule has 0 fully saturated rings. The number of nitrogens with one attached hydrogen (secondary N) is 2. The van der Waals surface area contributed by atoms with Crippen molar-refractivity contribution in [1.82, 2.24) is 10.0 Å². The molecule has 6 nitrogen and oxygen atoms in total. The Morgan fingerprint density at radius 3 is 2.29 bits per heavy atom. The number of hydrogen-bond acceptors (Lipinski definition) is 4. The average Bonchev–Trinajstić information content (AvgIpc) is 2.33. The standard InChI is InChI=1S/C12H17F2N3O3S/c1-7(2)17-21(19,20)4-3-16-12(18)8-5-9(13)11(15)10(14)6-8/h5-7,17H,3-4,15H2,1-2H3,(H,16,18). The van der Waals surface area contributed by atoms with Crippen LogP contribution in [0.2, 0.25) is 0 Å². The first-order valence-electron chi connectivity index (χ1n) is 6.15. The zero-order valence-corrected chi connectivity index (χ0v) is 12.4. The molecule has 0 unspecified atom stereocenters. The van der Waals surface area contributed by atoms with E-state index >= 15 is 0 Å². The molecular formula is C12H17F2N3O3S. The van der Waals surface area contributed by atoms with Gasteiger partial charge in [-0.3, -0.25) is 4.79 Å². The molecular weight excluding hydrogens is 304 g/mol. The fraction of sp³-hybridized carbons (Fsp3) is 0.417. The van der Waals surface area contributed by atoms with Crippen molar-refractivity contribution in [2.45, 2.75) is 19.9 Å². The molecule has 1 aromatic rings. The first-order chi connectivity index (χ1) is 9.62. The third-order valence-corrected chi connectivity index (χ3v) is 3.98. The lowest BCUT2D eigenvalue weighted by atomic mass is 10.2. The molecule has 118 valence electrons. The van der Waals surface area contributed by atoms with Crippen LogP contribution in [0, 0.1) is 11.6 Å². The number of hydrogen-bond donors (Lipinski definition) is 3. The number of carbonyl (C=O) groups is 1. The van der Waals surface area contributed by atoms with Gasteiger partial charge in [0.2, 0.25) is 10.0 Å². The number of rotatable bonds is 6. The SMILES string of the molecule is CC(C)NS(=O)(=O)CCNC(=O)c1cc(F)c(N)c(F)c1. The summed E-state index contributed by atoms with van der Waals surface area (Å²) in [5, 5.41) is 2.27. The molecule has 0 aromatic heterocycles. The largest absolute Gasteiger partial charge is 0.394 e. The van der Waals surface area contributed by atoms with E-state index in [9.17, 15) is 22.0 Å². The van der Waals surface area contributed by atoms with E-state index in [0.29, 0.717) is 0 Å². The monoisotopic (exact) mass is 321 g/mol. The zero-order valence-electron chi connectivity index (χ0n) is 11.6. The van der Waals surface area contributed by atoms with Crippen LogP contribution in [-0.4, -0.2) is 32.7 Å². The van der Waals surface area contributed by atoms with Crippen molar-refractivity contribution in [1.29, 1.82) is 0 Å². The molecule has 0 aliphatic carbocycles. The number of carbonyl (C=O) groups excluding carboxylic acids is 1. The summed E-state index contributed by atoms with van der Waals surface area (Å²) in [6.07, 6.45) is 0. The van der Waals surface area contributed by atoms with Crippen molar-refractivity contribution < 1.29 is 22.0 Å². The third-order valence-electron chi connectivity index (χ3n) is 2.41. The molecule has 4 N–H and O–H groups in total. The van der Waals surface area contributed by atoms with Crippen LogP contribution < -0.4 is 15.8 Å². The van der Waals surface area contributed by atoms with Crippen molar-refractivity contribution in [3.63, 3.8) is 0 Å². The molecule has 0 saturated heterocycles. The van der Waals surface area contributed by atoms with Gasteiger partial charge in [0.25, 0.3) is 5.91 Å². The summed E-state index contributed by atoms with van der Waals surface area (Å²) in [5.74, 6) is -3.22. The minimum absolute atomic E-state index is 0.186. The first kappa shape index (κ1) is 17.3. The van der Waals surface area contributed by atoms with Crippen LogP contribution in [0.4, 0.5) is 14.5 Å². The lowest BCUT2D eigenvalue weighted by Crippen LogP contribution is -2.37. The maximum Gasteiger partial charge on any atom is 0.251 e. The highest BCUT2D eigenvalue weighted by Crippen LogP contribution is 2.17. The van der Waals surface area contributed by atoms with E-state index in [1.165, 1.54) is 0 Å². The van der Waals surface area contributed by atoms with Gasteiger partial charge in [-0.15, -0.1) is 0 Å². The molecule has 0 spiro atoms. The van der Waals surface area contributed by atoms with E-state index < -0.39 is 33.3 Å². The van der Waals surface area contributed by atoms with E-state index in [-0.39, 0.29) is 23.9 Å². The van der Waals surface area contributed by atoms with E-state index in [1.54, 1.807) is 13.8 Å². The van der Waals surface area contributed by atoms with Crippen LogP contribution in [-0.2, 0) is 10.0 Å². The van der Waals surface area contributed by atoms with Gasteiger partial charge in [-0.05, 0) is 26.0 Å². The Hall–Kier alpha value is -1.74. The molecule has 0 heterocycles. The molecule has 1 rings (SSSR count). The van der Waals surface area contributed by atoms with Crippen molar-refractivity contribution in [2.24, 2.45) is 0 Å². The number of anilines is 1. The van der Waals surface area contributed by atoms with Gasteiger partial charge in [0.15, 0.2) is 0 Å². The molecule has 0 aliphatic heterocycles. The molecule has 0 bridgehead atoms. The van der Waals surface area contributed by atoms with E-state index in [0.717, 1.165) is 12.1 Å². The van der Waals surface area contributed by atoms with Gasteiger partial charge in [0.1, 0.15) is 17.3 Å². The number of halogens is 2. The average molecular weight is 321 g/mol. The van der Waals surface area contributed by atoms with Crippen molar-refractivity contribution in [3.05, 3.63) is 29.3 Å². The second-order valence-electron chi connectivity index (χ2n) is 4.70. The summed E-state index contributed by atoms with van der Waals surface area (Å²) < 4.78 is 51.8. The topological polar surface area (TPSA) is 101 Å². The third kappa shape index (κ3) is 5.27. The maximum atomic E-state index is 13.2. The van der Waals surface area contributed by atoms with Gasteiger partial charge >= 0.3 is 0 Å². The van der Waals surface area contributed by atoms with Gasteiger partial charge in [0.05, 0.1) is 5.75 Å². The predicted octanol–water partition coefficient (Wildman–Crippen LogP) is 0.605. The Bertz CT molecular complexity index is 610. The molecule has 1 aromatic carbocycles.